The van der Waals surface area contributed by atoms with Crippen LogP contribution in [0.15, 0.2) is 11.2 Å². The minimum atomic E-state index is -3.63. The van der Waals surface area contributed by atoms with Crippen LogP contribution < -0.4 is 4.72 Å². The van der Waals surface area contributed by atoms with E-state index in [9.17, 15) is 8.42 Å². The predicted octanol–water partition coefficient (Wildman–Crippen LogP) is 1.18. The molecule has 0 aliphatic carbocycles. The monoisotopic (exact) mass is 270 g/mol. The van der Waals surface area contributed by atoms with Crippen molar-refractivity contribution < 1.29 is 8.42 Å². The van der Waals surface area contributed by atoms with Crippen LogP contribution in [0.5, 0.6) is 0 Å². The molecule has 18 heavy (non-hydrogen) atoms. The fraction of sp³-hybridized carbons (Fsp3) is 0.636. The van der Waals surface area contributed by atoms with Gasteiger partial charge in [0.05, 0.1) is 12.5 Å². The second-order valence-electron chi connectivity index (χ2n) is 4.20. The van der Waals surface area contributed by atoms with E-state index < -0.39 is 16.1 Å². The molecule has 0 aromatic carbocycles. The maximum Gasteiger partial charge on any atom is 0.259 e. The molecule has 0 saturated heterocycles. The van der Waals surface area contributed by atoms with Gasteiger partial charge in [-0.25, -0.2) is 18.1 Å². The first-order chi connectivity index (χ1) is 8.40. The highest BCUT2D eigenvalue weighted by molar-refractivity contribution is 7.89. The van der Waals surface area contributed by atoms with Crippen molar-refractivity contribution in [1.29, 1.82) is 5.26 Å². The van der Waals surface area contributed by atoms with Gasteiger partial charge in [0, 0.05) is 18.8 Å². The van der Waals surface area contributed by atoms with Crippen LogP contribution in [0, 0.1) is 18.3 Å². The molecule has 0 aliphatic heterocycles. The zero-order chi connectivity index (χ0) is 13.8. The summed E-state index contributed by atoms with van der Waals surface area (Å²) in [6.07, 6.45) is 2.57. The van der Waals surface area contributed by atoms with Gasteiger partial charge in [0.2, 0.25) is 0 Å². The maximum atomic E-state index is 12.0. The molecule has 6 nitrogen and oxygen atoms in total. The molecule has 0 bridgehead atoms. The van der Waals surface area contributed by atoms with Gasteiger partial charge in [0.25, 0.3) is 10.0 Å². The Balaban J connectivity index is 2.92. The Morgan fingerprint density at radius 2 is 2.28 bits per heavy atom. The van der Waals surface area contributed by atoms with Crippen LogP contribution in [-0.4, -0.2) is 24.0 Å². The molecule has 1 rings (SSSR count). The lowest BCUT2D eigenvalue weighted by Gasteiger charge is -2.08. The molecular weight excluding hydrogens is 252 g/mol. The van der Waals surface area contributed by atoms with E-state index in [1.165, 1.54) is 6.20 Å². The largest absolute Gasteiger partial charge is 0.334 e. The number of nitriles is 1. The Bertz CT molecular complexity index is 542. The third-order valence-corrected chi connectivity index (χ3v) is 3.91. The van der Waals surface area contributed by atoms with Crippen molar-refractivity contribution in [3.05, 3.63) is 12.0 Å². The summed E-state index contributed by atoms with van der Waals surface area (Å²) in [5.41, 5.74) is 0. The van der Waals surface area contributed by atoms with Crippen molar-refractivity contribution in [3.8, 4) is 6.07 Å². The normalized spacial score (nSPS) is 13.2. The first-order valence-corrected chi connectivity index (χ1v) is 7.32. The summed E-state index contributed by atoms with van der Waals surface area (Å²) in [6.45, 7) is 6.17. The molecule has 1 N–H and O–H groups in total. The summed E-state index contributed by atoms with van der Waals surface area (Å²) in [5.74, 6) is 0.671. The molecule has 0 saturated carbocycles. The van der Waals surface area contributed by atoms with Crippen LogP contribution in [0.25, 0.3) is 0 Å². The van der Waals surface area contributed by atoms with Gasteiger partial charge in [-0.1, -0.05) is 6.92 Å². The Hall–Kier alpha value is -1.39. The standard InChI is InChI=1S/C11H18N4O2S/c1-4-7-15-8-11(13-10(15)3)18(16,17)14-9(2)5-6-12/h8-9,14H,4-5,7H2,1-3H3. The van der Waals surface area contributed by atoms with Crippen LogP contribution in [0.2, 0.25) is 0 Å². The topological polar surface area (TPSA) is 87.8 Å². The fourth-order valence-electron chi connectivity index (χ4n) is 1.58. The third-order valence-electron chi connectivity index (χ3n) is 2.45. The molecule has 1 unspecified atom stereocenters. The highest BCUT2D eigenvalue weighted by Gasteiger charge is 2.21. The number of hydrogen-bond donors (Lipinski definition) is 1. The van der Waals surface area contributed by atoms with Crippen molar-refractivity contribution in [2.45, 2.75) is 51.2 Å². The molecule has 0 amide bonds. The van der Waals surface area contributed by atoms with Crippen molar-refractivity contribution in [3.63, 3.8) is 0 Å². The van der Waals surface area contributed by atoms with E-state index in [0.717, 1.165) is 13.0 Å². The summed E-state index contributed by atoms with van der Waals surface area (Å²) in [7, 11) is -3.63. The molecule has 1 heterocycles. The average molecular weight is 270 g/mol. The molecule has 1 atom stereocenters. The summed E-state index contributed by atoms with van der Waals surface area (Å²) in [6, 6.07) is 1.51. The maximum absolute atomic E-state index is 12.0. The number of sulfonamides is 1. The molecular formula is C11H18N4O2S. The van der Waals surface area contributed by atoms with Gasteiger partial charge in [-0.3, -0.25) is 0 Å². The van der Waals surface area contributed by atoms with Crippen molar-refractivity contribution >= 4 is 10.0 Å². The summed E-state index contributed by atoms with van der Waals surface area (Å²) >= 11 is 0. The Labute approximate surface area is 108 Å². The van der Waals surface area contributed by atoms with Gasteiger partial charge in [-0.05, 0) is 20.3 Å². The molecule has 7 heteroatoms. The van der Waals surface area contributed by atoms with E-state index in [-0.39, 0.29) is 11.4 Å². The van der Waals surface area contributed by atoms with Gasteiger partial charge in [0.15, 0.2) is 5.03 Å². The SMILES string of the molecule is CCCn1cc(S(=O)(=O)NC(C)CC#N)nc1C. The first kappa shape index (κ1) is 14.7. The molecule has 1 aromatic heterocycles. The Kier molecular flexibility index (Phi) is 4.87. The number of imidazole rings is 1. The molecule has 0 aliphatic rings. The number of hydrogen-bond acceptors (Lipinski definition) is 4. The molecule has 0 radical (unpaired) electrons. The van der Waals surface area contributed by atoms with Crippen molar-refractivity contribution in [2.24, 2.45) is 0 Å². The average Bonchev–Trinajstić information content (AvgIpc) is 2.61. The van der Waals surface area contributed by atoms with Gasteiger partial charge in [-0.15, -0.1) is 0 Å². The number of nitrogens with zero attached hydrogens (tertiary/aromatic N) is 3. The van der Waals surface area contributed by atoms with E-state index in [0.29, 0.717) is 5.82 Å². The van der Waals surface area contributed by atoms with Gasteiger partial charge >= 0.3 is 0 Å². The lowest BCUT2D eigenvalue weighted by Crippen LogP contribution is -2.32. The highest BCUT2D eigenvalue weighted by atomic mass is 32.2. The minimum absolute atomic E-state index is 0.0123. The zero-order valence-electron chi connectivity index (χ0n) is 10.8. The quantitative estimate of drug-likeness (QED) is 0.840. The van der Waals surface area contributed by atoms with Crippen LogP contribution in [0.3, 0.4) is 0 Å². The van der Waals surface area contributed by atoms with E-state index in [2.05, 4.69) is 9.71 Å². The molecule has 0 spiro atoms. The summed E-state index contributed by atoms with van der Waals surface area (Å²) < 4.78 is 28.2. The van der Waals surface area contributed by atoms with Crippen LogP contribution in [0.1, 0.15) is 32.5 Å². The second-order valence-corrected chi connectivity index (χ2v) is 5.87. The summed E-state index contributed by atoms with van der Waals surface area (Å²) in [4.78, 5) is 4.04. The van der Waals surface area contributed by atoms with Crippen molar-refractivity contribution in [1.82, 2.24) is 14.3 Å². The van der Waals surface area contributed by atoms with Gasteiger partial charge in [-0.2, -0.15) is 5.26 Å². The lowest BCUT2D eigenvalue weighted by atomic mass is 10.3. The molecule has 0 fully saturated rings. The predicted molar refractivity (Wildman–Crippen MR) is 67.3 cm³/mol. The third kappa shape index (κ3) is 3.55. The van der Waals surface area contributed by atoms with Gasteiger partial charge < -0.3 is 4.57 Å². The first-order valence-electron chi connectivity index (χ1n) is 5.83. The lowest BCUT2D eigenvalue weighted by molar-refractivity contribution is 0.559. The van der Waals surface area contributed by atoms with Crippen molar-refractivity contribution in [2.75, 3.05) is 0 Å². The minimum Gasteiger partial charge on any atom is -0.334 e. The fourth-order valence-corrected chi connectivity index (χ4v) is 2.83. The second kappa shape index (κ2) is 5.98. The number of nitrogens with one attached hydrogen (secondary N) is 1. The molecule has 1 aromatic rings. The Morgan fingerprint density at radius 3 is 2.83 bits per heavy atom. The van der Waals surface area contributed by atoms with Crippen LogP contribution in [0.4, 0.5) is 0 Å². The zero-order valence-corrected chi connectivity index (χ0v) is 11.7. The van der Waals surface area contributed by atoms with E-state index in [1.54, 1.807) is 13.8 Å². The highest BCUT2D eigenvalue weighted by Crippen LogP contribution is 2.10. The van der Waals surface area contributed by atoms with E-state index in [4.69, 9.17) is 5.26 Å². The number of aryl methyl sites for hydroxylation is 2. The smallest absolute Gasteiger partial charge is 0.259 e. The number of rotatable bonds is 6. The molecule has 100 valence electrons. The number of aromatic nitrogens is 2. The van der Waals surface area contributed by atoms with E-state index in [1.807, 2.05) is 17.6 Å². The summed E-state index contributed by atoms with van der Waals surface area (Å²) in [5, 5.41) is 8.53. The van der Waals surface area contributed by atoms with Gasteiger partial charge in [0.1, 0.15) is 5.82 Å². The van der Waals surface area contributed by atoms with E-state index >= 15 is 0 Å². The van der Waals surface area contributed by atoms with Crippen LogP contribution in [-0.2, 0) is 16.6 Å². The Morgan fingerprint density at radius 1 is 1.61 bits per heavy atom. The van der Waals surface area contributed by atoms with Crippen LogP contribution >= 0.6 is 0 Å².